The molecule has 4 aliphatic rings. The van der Waals surface area contributed by atoms with Gasteiger partial charge in [0.25, 0.3) is 6.71 Å². The molecule has 1 fully saturated rings. The van der Waals surface area contributed by atoms with Crippen LogP contribution in [0.4, 0.5) is 45.5 Å². The molecular formula is C75H86BN3Si. The lowest BCUT2D eigenvalue weighted by molar-refractivity contribution is -0.0311. The van der Waals surface area contributed by atoms with Crippen molar-refractivity contribution in [1.29, 1.82) is 0 Å². The molecule has 2 atom stereocenters. The maximum absolute atomic E-state index is 2.87. The minimum atomic E-state index is -1.70. The third kappa shape index (κ3) is 8.32. The van der Waals surface area contributed by atoms with Crippen molar-refractivity contribution in [2.75, 3.05) is 14.7 Å². The van der Waals surface area contributed by atoms with E-state index in [1.54, 1.807) is 0 Å². The van der Waals surface area contributed by atoms with E-state index in [2.05, 4.69) is 308 Å². The summed E-state index contributed by atoms with van der Waals surface area (Å²) in [4.78, 5) is 8.25. The predicted octanol–water partition coefficient (Wildman–Crippen LogP) is 18.6. The van der Waals surface area contributed by atoms with E-state index in [0.717, 1.165) is 12.8 Å². The molecular weight excluding hydrogens is 982 g/mol. The van der Waals surface area contributed by atoms with E-state index >= 15 is 0 Å². The van der Waals surface area contributed by atoms with Crippen LogP contribution in [-0.4, -0.2) is 20.3 Å². The second-order valence-corrected chi connectivity index (χ2v) is 35.4. The smallest absolute Gasteiger partial charge is 0.252 e. The maximum atomic E-state index is 2.87. The maximum Gasteiger partial charge on any atom is 0.252 e. The van der Waals surface area contributed by atoms with Crippen LogP contribution in [0, 0.1) is 10.8 Å². The highest BCUT2D eigenvalue weighted by atomic mass is 28.3. The summed E-state index contributed by atoms with van der Waals surface area (Å²) in [5.41, 5.74) is 23.9. The second kappa shape index (κ2) is 18.0. The van der Waals surface area contributed by atoms with Crippen molar-refractivity contribution in [2.45, 2.75) is 164 Å². The van der Waals surface area contributed by atoms with Gasteiger partial charge in [0.05, 0.1) is 25.0 Å². The van der Waals surface area contributed by atoms with Gasteiger partial charge in [-0.05, 0) is 151 Å². The lowest BCUT2D eigenvalue weighted by atomic mass is 9.33. The Kier molecular flexibility index (Phi) is 12.1. The summed E-state index contributed by atoms with van der Waals surface area (Å²) in [7, 11) is -1.70. The average molecular weight is 1070 g/mol. The molecule has 3 heterocycles. The molecule has 5 heteroatoms. The Hall–Kier alpha value is -6.56. The molecule has 0 amide bonds. The summed E-state index contributed by atoms with van der Waals surface area (Å²) in [6.07, 6.45) is 2.14. The summed E-state index contributed by atoms with van der Waals surface area (Å²) < 4.78 is 0. The molecule has 2 unspecified atom stereocenters. The number of hydrogen-bond donors (Lipinski definition) is 0. The lowest BCUT2D eigenvalue weighted by Crippen LogP contribution is -2.63. The first-order valence-corrected chi connectivity index (χ1v) is 33.3. The van der Waals surface area contributed by atoms with E-state index in [1.165, 1.54) is 112 Å². The van der Waals surface area contributed by atoms with Crippen molar-refractivity contribution in [3.63, 3.8) is 0 Å². The Labute approximate surface area is 482 Å². The highest BCUT2D eigenvalue weighted by Crippen LogP contribution is 2.69. The van der Waals surface area contributed by atoms with E-state index in [0.29, 0.717) is 0 Å². The summed E-state index contributed by atoms with van der Waals surface area (Å²) >= 11 is 0. The van der Waals surface area contributed by atoms with Gasteiger partial charge in [0.1, 0.15) is 0 Å². The summed E-state index contributed by atoms with van der Waals surface area (Å²) in [5, 5.41) is 1.53. The van der Waals surface area contributed by atoms with Crippen LogP contribution in [0.5, 0.6) is 0 Å². The van der Waals surface area contributed by atoms with Crippen LogP contribution in [0.2, 0.25) is 19.6 Å². The second-order valence-electron chi connectivity index (χ2n) is 30.3. The molecule has 0 N–H and O–H groups in total. The molecule has 8 aromatic carbocycles. The molecule has 408 valence electrons. The normalized spacial score (nSPS) is 20.0. The monoisotopic (exact) mass is 1070 g/mol. The predicted molar refractivity (Wildman–Crippen MR) is 352 cm³/mol. The molecule has 0 bridgehead atoms. The van der Waals surface area contributed by atoms with Gasteiger partial charge in [-0.25, -0.2) is 0 Å². The van der Waals surface area contributed by atoms with Crippen molar-refractivity contribution >= 4 is 81.9 Å². The lowest BCUT2D eigenvalue weighted by Gasteiger charge is -2.61. The van der Waals surface area contributed by atoms with Gasteiger partial charge in [-0.1, -0.05) is 237 Å². The fraction of sp³-hybridized carbons (Fsp3) is 0.360. The van der Waals surface area contributed by atoms with Crippen LogP contribution >= 0.6 is 0 Å². The Balaban J connectivity index is 1.25. The molecule has 12 rings (SSSR count). The number of rotatable bonds is 6. The minimum absolute atomic E-state index is 0.0430. The molecule has 3 aliphatic heterocycles. The highest BCUT2D eigenvalue weighted by molar-refractivity contribution is 7.00. The van der Waals surface area contributed by atoms with Crippen molar-refractivity contribution in [3.8, 4) is 22.3 Å². The molecule has 0 aromatic heterocycles. The van der Waals surface area contributed by atoms with Gasteiger partial charge in [-0.2, -0.15) is 0 Å². The van der Waals surface area contributed by atoms with Gasteiger partial charge in [0.15, 0.2) is 0 Å². The Morgan fingerprint density at radius 1 is 0.412 bits per heavy atom. The molecule has 1 saturated carbocycles. The largest absolute Gasteiger partial charge is 0.334 e. The number of nitrogens with zero attached hydrogens (tertiary/aromatic N) is 3. The van der Waals surface area contributed by atoms with Crippen LogP contribution < -0.4 is 36.3 Å². The number of para-hydroxylation sites is 1. The van der Waals surface area contributed by atoms with Crippen molar-refractivity contribution in [3.05, 3.63) is 192 Å². The van der Waals surface area contributed by atoms with Gasteiger partial charge in [-0.15, -0.1) is 0 Å². The van der Waals surface area contributed by atoms with Crippen LogP contribution in [0.15, 0.2) is 170 Å². The van der Waals surface area contributed by atoms with Crippen LogP contribution in [0.1, 0.15) is 139 Å². The molecule has 3 nitrogen and oxygen atoms in total. The van der Waals surface area contributed by atoms with Gasteiger partial charge in [-0.3, -0.25) is 0 Å². The summed E-state index contributed by atoms with van der Waals surface area (Å²) in [6.45, 7) is 44.1. The van der Waals surface area contributed by atoms with Gasteiger partial charge in [0, 0.05) is 50.7 Å². The Bertz CT molecular complexity index is 3750. The molecule has 80 heavy (non-hydrogen) atoms. The number of anilines is 8. The summed E-state index contributed by atoms with van der Waals surface area (Å²) in [6, 6.07) is 66.9. The van der Waals surface area contributed by atoms with E-state index in [4.69, 9.17) is 0 Å². The Morgan fingerprint density at radius 2 is 0.850 bits per heavy atom. The topological polar surface area (TPSA) is 9.72 Å². The SMILES string of the molecule is CC(C)(C)c1ccc2c(c1)B1c3ccccc3N(c3ccc(C(C)(C)C)cc3-c3ccccc3)c3cc(N4c5ccc([Si](C)(C)C)cc5C5(C)CC(C)(C)C(C)(C)CC45C)cc(c31)N2c1ccc(C(C)(C)C)cc1-c1ccccc1. The Morgan fingerprint density at radius 3 is 1.35 bits per heavy atom. The van der Waals surface area contributed by atoms with Crippen LogP contribution in [-0.2, 0) is 21.7 Å². The van der Waals surface area contributed by atoms with Crippen molar-refractivity contribution in [1.82, 2.24) is 0 Å². The zero-order valence-corrected chi connectivity index (χ0v) is 52.5. The van der Waals surface area contributed by atoms with Gasteiger partial charge < -0.3 is 14.7 Å². The quantitative estimate of drug-likeness (QED) is 0.154. The molecule has 1 aliphatic carbocycles. The number of hydrogen-bond acceptors (Lipinski definition) is 3. The molecule has 0 radical (unpaired) electrons. The fourth-order valence-electron chi connectivity index (χ4n) is 14.8. The average Bonchev–Trinajstić information content (AvgIpc) is 3.61. The molecule has 0 spiro atoms. The fourth-order valence-corrected chi connectivity index (χ4v) is 16.0. The van der Waals surface area contributed by atoms with E-state index in [-0.39, 0.29) is 44.7 Å². The van der Waals surface area contributed by atoms with Gasteiger partial charge >= 0.3 is 0 Å². The van der Waals surface area contributed by atoms with Crippen molar-refractivity contribution < 1.29 is 0 Å². The molecule has 8 aromatic rings. The third-order valence-electron chi connectivity index (χ3n) is 20.3. The first kappa shape index (κ1) is 54.1. The third-order valence-corrected chi connectivity index (χ3v) is 22.3. The van der Waals surface area contributed by atoms with E-state index < -0.39 is 8.07 Å². The number of benzene rings is 8. The zero-order chi connectivity index (χ0) is 57.1. The minimum Gasteiger partial charge on any atom is -0.334 e. The van der Waals surface area contributed by atoms with Crippen molar-refractivity contribution in [2.24, 2.45) is 10.8 Å². The van der Waals surface area contributed by atoms with E-state index in [1.807, 2.05) is 0 Å². The van der Waals surface area contributed by atoms with Crippen LogP contribution in [0.3, 0.4) is 0 Å². The van der Waals surface area contributed by atoms with Crippen LogP contribution in [0.25, 0.3) is 22.3 Å². The number of fused-ring (bicyclic) bond motifs is 7. The first-order chi connectivity index (χ1) is 37.4. The van der Waals surface area contributed by atoms with E-state index in [9.17, 15) is 0 Å². The molecule has 0 saturated heterocycles. The standard InChI is InChI=1S/C75H86BN3Si/c1-69(2,3)51-33-37-61(56(41-51)49-27-21-19-22-28-49)77-64-32-26-25-31-59(64)76-60-43-53(71(7,8)9)35-39-65(60)78(62-38-34-52(70(4,5)6)42-57(62)50-29-23-20-24-30-50)67-45-54(44-66(77)68(67)76)79-63-40-36-55(80(16,17)18)46-58(63)74(14)47-72(10,11)73(12,13)48-75(74,79)15/h19-46H,47-48H2,1-18H3. The summed E-state index contributed by atoms with van der Waals surface area (Å²) in [5.74, 6) is 0. The highest BCUT2D eigenvalue weighted by Gasteiger charge is 2.65. The van der Waals surface area contributed by atoms with Gasteiger partial charge in [0.2, 0.25) is 0 Å². The zero-order valence-electron chi connectivity index (χ0n) is 51.5. The first-order valence-electron chi connectivity index (χ1n) is 29.8.